The Balaban J connectivity index is 1.88. The summed E-state index contributed by atoms with van der Waals surface area (Å²) in [6.45, 7) is 4.53. The van der Waals surface area contributed by atoms with Crippen molar-refractivity contribution in [1.29, 1.82) is 0 Å². The smallest absolute Gasteiger partial charge is 0.256 e. The molecule has 0 saturated carbocycles. The molecule has 0 spiro atoms. The van der Waals surface area contributed by atoms with Crippen molar-refractivity contribution in [3.8, 4) is 0 Å². The van der Waals surface area contributed by atoms with Crippen molar-refractivity contribution < 1.29 is 14.0 Å². The van der Waals surface area contributed by atoms with Gasteiger partial charge in [0.05, 0.1) is 5.57 Å². The van der Waals surface area contributed by atoms with Gasteiger partial charge in [-0.1, -0.05) is 6.08 Å². The van der Waals surface area contributed by atoms with Crippen LogP contribution < -0.4 is 5.32 Å². The molecule has 0 bridgehead atoms. The minimum atomic E-state index is -0.392. The molecule has 1 amide bonds. The van der Waals surface area contributed by atoms with Gasteiger partial charge in [-0.05, 0) is 69.4 Å². The number of aromatic amines is 1. The predicted octanol–water partition coefficient (Wildman–Crippen LogP) is 3.49. The van der Waals surface area contributed by atoms with Gasteiger partial charge in [0.1, 0.15) is 5.82 Å². The number of amides is 1. The number of nitrogens with one attached hydrogen (secondary N) is 2. The van der Waals surface area contributed by atoms with E-state index in [1.165, 1.54) is 12.1 Å². The second-order valence-electron chi connectivity index (χ2n) is 7.28. The number of rotatable bonds is 6. The number of hydrogen-bond acceptors (Lipinski definition) is 3. The largest absolute Gasteiger partial charge is 0.359 e. The zero-order valence-corrected chi connectivity index (χ0v) is 16.5. The van der Waals surface area contributed by atoms with Gasteiger partial charge in [-0.25, -0.2) is 4.39 Å². The third-order valence-corrected chi connectivity index (χ3v) is 4.81. The number of carbonyl (C=O) groups excluding carboxylic acids is 2. The summed E-state index contributed by atoms with van der Waals surface area (Å²) in [6, 6.07) is 4.23. The van der Waals surface area contributed by atoms with Gasteiger partial charge in [-0.3, -0.25) is 9.59 Å². The van der Waals surface area contributed by atoms with E-state index in [-0.39, 0.29) is 11.7 Å². The molecular weight excluding hydrogens is 357 g/mol. The van der Waals surface area contributed by atoms with Crippen LogP contribution in [0.4, 0.5) is 10.1 Å². The maximum absolute atomic E-state index is 13.6. The molecule has 6 heteroatoms. The fourth-order valence-corrected chi connectivity index (χ4v) is 3.30. The van der Waals surface area contributed by atoms with Gasteiger partial charge in [0.15, 0.2) is 5.78 Å². The van der Waals surface area contributed by atoms with Gasteiger partial charge in [0.2, 0.25) is 0 Å². The quantitative estimate of drug-likeness (QED) is 0.753. The Morgan fingerprint density at radius 2 is 2.00 bits per heavy atom. The molecule has 1 aliphatic heterocycles. The van der Waals surface area contributed by atoms with Crippen LogP contribution in [0.5, 0.6) is 0 Å². The standard InChI is InChI=1S/C22H24FN3O2/c1-13-17(11-16(27)6-5-9-26(3)4)14(2)24-21(13)12-19-18-10-15(23)7-8-20(18)25-22(19)28/h5-8,10,12,24H,9,11H2,1-4H3,(H,25,28)/b6-5+,19-12-. The van der Waals surface area contributed by atoms with Gasteiger partial charge in [0, 0.05) is 35.6 Å². The monoisotopic (exact) mass is 381 g/mol. The SMILES string of the molecule is Cc1[nH]c(/C=C2\C(=O)Nc3ccc(F)cc32)c(C)c1CC(=O)/C=C/CN(C)C. The molecule has 0 atom stereocenters. The number of H-pyrrole nitrogens is 1. The number of fused-ring (bicyclic) bond motifs is 1. The van der Waals surface area contributed by atoms with E-state index in [0.29, 0.717) is 29.8 Å². The average Bonchev–Trinajstić information content (AvgIpc) is 3.06. The van der Waals surface area contributed by atoms with E-state index < -0.39 is 5.82 Å². The fraction of sp³-hybridized carbons (Fsp3) is 0.273. The Morgan fingerprint density at radius 1 is 1.25 bits per heavy atom. The summed E-state index contributed by atoms with van der Waals surface area (Å²) in [6.07, 6.45) is 5.46. The van der Waals surface area contributed by atoms with Crippen molar-refractivity contribution in [1.82, 2.24) is 9.88 Å². The minimum Gasteiger partial charge on any atom is -0.359 e. The van der Waals surface area contributed by atoms with Crippen LogP contribution in [0.1, 0.15) is 28.1 Å². The summed E-state index contributed by atoms with van der Waals surface area (Å²) in [5, 5.41) is 2.75. The number of hydrogen-bond donors (Lipinski definition) is 2. The van der Waals surface area contributed by atoms with Crippen LogP contribution in [-0.4, -0.2) is 42.2 Å². The number of halogens is 1. The topological polar surface area (TPSA) is 65.2 Å². The number of ketones is 1. The van der Waals surface area contributed by atoms with E-state index in [0.717, 1.165) is 22.5 Å². The number of allylic oxidation sites excluding steroid dienone is 1. The van der Waals surface area contributed by atoms with Crippen molar-refractivity contribution in [3.05, 3.63) is 64.2 Å². The zero-order valence-electron chi connectivity index (χ0n) is 16.5. The molecule has 2 aromatic rings. The molecule has 2 heterocycles. The van der Waals surface area contributed by atoms with Crippen LogP contribution in [0.3, 0.4) is 0 Å². The number of aryl methyl sites for hydroxylation is 1. The molecule has 0 unspecified atom stereocenters. The van der Waals surface area contributed by atoms with Crippen molar-refractivity contribution >= 4 is 29.0 Å². The molecule has 0 aliphatic carbocycles. The molecule has 1 aromatic heterocycles. The van der Waals surface area contributed by atoms with Crippen LogP contribution in [0.25, 0.3) is 11.6 Å². The lowest BCUT2D eigenvalue weighted by Gasteiger charge is -2.04. The first kappa shape index (κ1) is 19.8. The van der Waals surface area contributed by atoms with Gasteiger partial charge >= 0.3 is 0 Å². The molecule has 2 N–H and O–H groups in total. The number of anilines is 1. The molecule has 1 aliphatic rings. The number of nitrogens with zero attached hydrogens (tertiary/aromatic N) is 1. The first-order chi connectivity index (χ1) is 13.3. The van der Waals surface area contributed by atoms with Crippen LogP contribution in [0, 0.1) is 19.7 Å². The van der Waals surface area contributed by atoms with E-state index in [1.807, 2.05) is 38.9 Å². The second-order valence-corrected chi connectivity index (χ2v) is 7.28. The normalized spacial score (nSPS) is 14.9. The first-order valence-corrected chi connectivity index (χ1v) is 9.11. The Labute approximate surface area is 163 Å². The highest BCUT2D eigenvalue weighted by Crippen LogP contribution is 2.34. The van der Waals surface area contributed by atoms with Gasteiger partial charge in [-0.15, -0.1) is 0 Å². The lowest BCUT2D eigenvalue weighted by molar-refractivity contribution is -0.114. The van der Waals surface area contributed by atoms with E-state index in [9.17, 15) is 14.0 Å². The second kappa shape index (κ2) is 7.94. The van der Waals surface area contributed by atoms with Crippen molar-refractivity contribution in [3.63, 3.8) is 0 Å². The van der Waals surface area contributed by atoms with Crippen LogP contribution in [0.2, 0.25) is 0 Å². The van der Waals surface area contributed by atoms with Crippen LogP contribution in [-0.2, 0) is 16.0 Å². The lowest BCUT2D eigenvalue weighted by Crippen LogP contribution is -2.11. The molecule has 0 radical (unpaired) electrons. The van der Waals surface area contributed by atoms with E-state index >= 15 is 0 Å². The molecule has 1 aromatic carbocycles. The average molecular weight is 381 g/mol. The summed E-state index contributed by atoms with van der Waals surface area (Å²) in [5.74, 6) is -0.634. The number of benzene rings is 1. The van der Waals surface area contributed by atoms with Crippen molar-refractivity contribution in [2.24, 2.45) is 0 Å². The van der Waals surface area contributed by atoms with E-state index in [2.05, 4.69) is 10.3 Å². The van der Waals surface area contributed by atoms with Crippen molar-refractivity contribution in [2.75, 3.05) is 26.0 Å². The molecule has 3 rings (SSSR count). The highest BCUT2D eigenvalue weighted by Gasteiger charge is 2.25. The summed E-state index contributed by atoms with van der Waals surface area (Å²) >= 11 is 0. The van der Waals surface area contributed by atoms with Crippen LogP contribution >= 0.6 is 0 Å². The Hall–Kier alpha value is -2.99. The Kier molecular flexibility index (Phi) is 5.61. The van der Waals surface area contributed by atoms with Gasteiger partial charge in [-0.2, -0.15) is 0 Å². The van der Waals surface area contributed by atoms with E-state index in [4.69, 9.17) is 0 Å². The molecule has 146 valence electrons. The third kappa shape index (κ3) is 4.12. The minimum absolute atomic E-state index is 0.0253. The molecular formula is C22H24FN3O2. The summed E-state index contributed by atoms with van der Waals surface area (Å²) < 4.78 is 13.6. The maximum atomic E-state index is 13.6. The molecule has 0 saturated heterocycles. The third-order valence-electron chi connectivity index (χ3n) is 4.81. The first-order valence-electron chi connectivity index (χ1n) is 9.11. The zero-order chi connectivity index (χ0) is 20.4. The van der Waals surface area contributed by atoms with E-state index in [1.54, 1.807) is 18.2 Å². The lowest BCUT2D eigenvalue weighted by atomic mass is 10.0. The van der Waals surface area contributed by atoms with Gasteiger partial charge < -0.3 is 15.2 Å². The maximum Gasteiger partial charge on any atom is 0.256 e. The number of likely N-dealkylation sites (N-methyl/N-ethyl adjacent to an activating group) is 1. The summed E-state index contributed by atoms with van der Waals surface area (Å²) in [5.41, 5.74) is 5.01. The number of carbonyl (C=O) groups is 2. The van der Waals surface area contributed by atoms with Crippen molar-refractivity contribution in [2.45, 2.75) is 20.3 Å². The summed E-state index contributed by atoms with van der Waals surface area (Å²) in [4.78, 5) is 29.8. The van der Waals surface area contributed by atoms with Crippen LogP contribution in [0.15, 0.2) is 30.4 Å². The van der Waals surface area contributed by atoms with Gasteiger partial charge in [0.25, 0.3) is 5.91 Å². The Bertz CT molecular complexity index is 999. The predicted molar refractivity (Wildman–Crippen MR) is 110 cm³/mol. The number of aromatic nitrogens is 1. The summed E-state index contributed by atoms with van der Waals surface area (Å²) in [7, 11) is 3.89. The molecule has 0 fully saturated rings. The molecule has 28 heavy (non-hydrogen) atoms. The Morgan fingerprint density at radius 3 is 2.71 bits per heavy atom. The fourth-order valence-electron chi connectivity index (χ4n) is 3.30. The molecule has 5 nitrogen and oxygen atoms in total. The highest BCUT2D eigenvalue weighted by atomic mass is 19.1. The highest BCUT2D eigenvalue weighted by molar-refractivity contribution is 6.34.